The Hall–Kier alpha value is -0.960. The number of hydrogen-bond donors (Lipinski definition) is 2. The van der Waals surface area contributed by atoms with Gasteiger partial charge in [0.1, 0.15) is 0 Å². The number of hydrogen-bond acceptors (Lipinski definition) is 2. The maximum atomic E-state index is 11.0. The number of benzene rings is 1. The zero-order valence-corrected chi connectivity index (χ0v) is 8.05. The molecule has 0 aliphatic carbocycles. The van der Waals surface area contributed by atoms with E-state index in [9.17, 15) is 4.79 Å². The predicted octanol–water partition coefficient (Wildman–Crippen LogP) is 1.93. The molecule has 1 saturated heterocycles. The number of rotatable bonds is 1. The molecule has 1 aromatic carbocycles. The number of amides is 1. The van der Waals surface area contributed by atoms with Gasteiger partial charge in [0.2, 0.25) is 5.91 Å². The van der Waals surface area contributed by atoms with Crippen LogP contribution in [0, 0.1) is 0 Å². The van der Waals surface area contributed by atoms with Crippen molar-refractivity contribution in [3.8, 4) is 0 Å². The molecule has 1 heterocycles. The van der Waals surface area contributed by atoms with Gasteiger partial charge < -0.3 is 5.32 Å². The van der Waals surface area contributed by atoms with Gasteiger partial charge in [-0.25, -0.2) is 0 Å². The summed E-state index contributed by atoms with van der Waals surface area (Å²) in [7, 11) is 0. The zero-order chi connectivity index (χ0) is 9.26. The van der Waals surface area contributed by atoms with Crippen LogP contribution in [0.2, 0.25) is 0 Å². The molecule has 1 aliphatic heterocycles. The minimum atomic E-state index is 0.153. The lowest BCUT2D eigenvalue weighted by atomic mass is 10.1. The van der Waals surface area contributed by atoms with E-state index in [2.05, 4.69) is 17.9 Å². The fraction of sp³-hybridized carbons (Fsp3) is 0.300. The minimum Gasteiger partial charge on any atom is -0.349 e. The Kier molecular flexibility index (Phi) is 2.27. The Bertz CT molecular complexity index is 320. The topological polar surface area (TPSA) is 29.1 Å². The van der Waals surface area contributed by atoms with Crippen LogP contribution in [-0.2, 0) is 4.79 Å². The Balaban J connectivity index is 2.17. The van der Waals surface area contributed by atoms with Crippen LogP contribution in [0.1, 0.15) is 24.4 Å². The van der Waals surface area contributed by atoms with Crippen LogP contribution in [-0.4, -0.2) is 5.91 Å². The van der Waals surface area contributed by atoms with Crippen LogP contribution in [0.5, 0.6) is 0 Å². The standard InChI is InChI=1S/C10H11NOS/c12-10-6-5-9(11-10)7-1-3-8(13)4-2-7/h1-4,9,13H,5-6H2,(H,11,12)/t9-/m1/s1. The molecule has 1 aliphatic rings. The Labute approximate surface area is 82.8 Å². The van der Waals surface area contributed by atoms with E-state index >= 15 is 0 Å². The van der Waals surface area contributed by atoms with E-state index in [4.69, 9.17) is 0 Å². The van der Waals surface area contributed by atoms with Gasteiger partial charge in [-0.1, -0.05) is 12.1 Å². The van der Waals surface area contributed by atoms with Gasteiger partial charge >= 0.3 is 0 Å². The first-order valence-electron chi connectivity index (χ1n) is 4.34. The maximum absolute atomic E-state index is 11.0. The number of carbonyl (C=O) groups excluding carboxylic acids is 1. The third-order valence-electron chi connectivity index (χ3n) is 2.29. The van der Waals surface area contributed by atoms with Gasteiger partial charge in [0.25, 0.3) is 0 Å². The molecular weight excluding hydrogens is 182 g/mol. The Morgan fingerprint density at radius 1 is 1.31 bits per heavy atom. The molecule has 0 bridgehead atoms. The average Bonchev–Trinajstić information content (AvgIpc) is 2.53. The molecule has 0 spiro atoms. The molecule has 1 fully saturated rings. The summed E-state index contributed by atoms with van der Waals surface area (Å²) in [5.41, 5.74) is 1.17. The normalized spacial score (nSPS) is 21.6. The summed E-state index contributed by atoms with van der Waals surface area (Å²) in [5.74, 6) is 0.153. The van der Waals surface area contributed by atoms with Crippen molar-refractivity contribution in [3.63, 3.8) is 0 Å². The molecular formula is C10H11NOS. The van der Waals surface area contributed by atoms with Crippen molar-refractivity contribution in [3.05, 3.63) is 29.8 Å². The van der Waals surface area contributed by atoms with E-state index in [1.165, 1.54) is 5.56 Å². The Morgan fingerprint density at radius 2 is 2.00 bits per heavy atom. The molecule has 1 N–H and O–H groups in total. The molecule has 2 nitrogen and oxygen atoms in total. The lowest BCUT2D eigenvalue weighted by Gasteiger charge is -2.09. The highest BCUT2D eigenvalue weighted by molar-refractivity contribution is 7.80. The highest BCUT2D eigenvalue weighted by Crippen LogP contribution is 2.24. The van der Waals surface area contributed by atoms with E-state index in [-0.39, 0.29) is 11.9 Å². The maximum Gasteiger partial charge on any atom is 0.220 e. The molecule has 1 atom stereocenters. The summed E-state index contributed by atoms with van der Waals surface area (Å²) < 4.78 is 0. The second kappa shape index (κ2) is 3.42. The van der Waals surface area contributed by atoms with Crippen LogP contribution in [0.3, 0.4) is 0 Å². The van der Waals surface area contributed by atoms with E-state index < -0.39 is 0 Å². The summed E-state index contributed by atoms with van der Waals surface area (Å²) in [6, 6.07) is 8.13. The van der Waals surface area contributed by atoms with E-state index in [1.54, 1.807) is 0 Å². The quantitative estimate of drug-likeness (QED) is 0.656. The first-order valence-corrected chi connectivity index (χ1v) is 4.79. The number of thiol groups is 1. The van der Waals surface area contributed by atoms with Crippen molar-refractivity contribution in [1.29, 1.82) is 0 Å². The fourth-order valence-corrected chi connectivity index (χ4v) is 1.72. The van der Waals surface area contributed by atoms with Gasteiger partial charge in [0.05, 0.1) is 6.04 Å². The molecule has 0 radical (unpaired) electrons. The summed E-state index contributed by atoms with van der Waals surface area (Å²) in [6.45, 7) is 0. The molecule has 68 valence electrons. The van der Waals surface area contributed by atoms with Gasteiger partial charge in [-0.3, -0.25) is 4.79 Å². The lowest BCUT2D eigenvalue weighted by Crippen LogP contribution is -2.18. The van der Waals surface area contributed by atoms with E-state index in [1.807, 2.05) is 24.3 Å². The van der Waals surface area contributed by atoms with E-state index in [0.29, 0.717) is 6.42 Å². The Morgan fingerprint density at radius 3 is 2.54 bits per heavy atom. The summed E-state index contributed by atoms with van der Waals surface area (Å²) in [6.07, 6.45) is 1.55. The largest absolute Gasteiger partial charge is 0.349 e. The van der Waals surface area contributed by atoms with Crippen LogP contribution >= 0.6 is 12.6 Å². The molecule has 0 aromatic heterocycles. The first-order chi connectivity index (χ1) is 6.25. The molecule has 3 heteroatoms. The molecule has 0 unspecified atom stereocenters. The lowest BCUT2D eigenvalue weighted by molar-refractivity contribution is -0.119. The summed E-state index contributed by atoms with van der Waals surface area (Å²) in [4.78, 5) is 11.9. The number of nitrogens with one attached hydrogen (secondary N) is 1. The molecule has 13 heavy (non-hydrogen) atoms. The number of carbonyl (C=O) groups is 1. The third-order valence-corrected chi connectivity index (χ3v) is 2.59. The first kappa shape index (κ1) is 8.63. The second-order valence-electron chi connectivity index (χ2n) is 3.25. The smallest absolute Gasteiger partial charge is 0.220 e. The van der Waals surface area contributed by atoms with Gasteiger partial charge in [-0.05, 0) is 24.1 Å². The van der Waals surface area contributed by atoms with Crippen molar-refractivity contribution in [2.75, 3.05) is 0 Å². The van der Waals surface area contributed by atoms with Gasteiger partial charge in [-0.15, -0.1) is 12.6 Å². The molecule has 0 saturated carbocycles. The van der Waals surface area contributed by atoms with Crippen molar-refractivity contribution in [2.24, 2.45) is 0 Å². The molecule has 1 aromatic rings. The second-order valence-corrected chi connectivity index (χ2v) is 3.77. The highest BCUT2D eigenvalue weighted by Gasteiger charge is 2.21. The zero-order valence-electron chi connectivity index (χ0n) is 7.16. The van der Waals surface area contributed by atoms with Crippen LogP contribution < -0.4 is 5.32 Å². The van der Waals surface area contributed by atoms with Crippen molar-refractivity contribution in [2.45, 2.75) is 23.8 Å². The molecule has 1 amide bonds. The van der Waals surface area contributed by atoms with Crippen molar-refractivity contribution in [1.82, 2.24) is 5.32 Å². The SMILES string of the molecule is O=C1CC[C@H](c2ccc(S)cc2)N1. The van der Waals surface area contributed by atoms with Gasteiger partial charge in [-0.2, -0.15) is 0 Å². The van der Waals surface area contributed by atoms with Crippen molar-refractivity contribution < 1.29 is 4.79 Å². The highest BCUT2D eigenvalue weighted by atomic mass is 32.1. The van der Waals surface area contributed by atoms with Gasteiger partial charge in [0, 0.05) is 11.3 Å². The third kappa shape index (κ3) is 1.86. The van der Waals surface area contributed by atoms with Crippen LogP contribution in [0.4, 0.5) is 0 Å². The van der Waals surface area contributed by atoms with E-state index in [0.717, 1.165) is 11.3 Å². The van der Waals surface area contributed by atoms with Gasteiger partial charge in [0.15, 0.2) is 0 Å². The predicted molar refractivity (Wildman–Crippen MR) is 53.8 cm³/mol. The van der Waals surface area contributed by atoms with Crippen LogP contribution in [0.15, 0.2) is 29.2 Å². The fourth-order valence-electron chi connectivity index (χ4n) is 1.57. The van der Waals surface area contributed by atoms with Crippen LogP contribution in [0.25, 0.3) is 0 Å². The molecule has 2 rings (SSSR count). The summed E-state index contributed by atoms with van der Waals surface area (Å²) in [5, 5.41) is 2.93. The average molecular weight is 193 g/mol. The summed E-state index contributed by atoms with van der Waals surface area (Å²) >= 11 is 4.20. The monoisotopic (exact) mass is 193 g/mol. The van der Waals surface area contributed by atoms with Crippen molar-refractivity contribution >= 4 is 18.5 Å². The minimum absolute atomic E-state index is 0.153.